The molecule has 0 bridgehead atoms. The number of rotatable bonds is 6. The van der Waals surface area contributed by atoms with Gasteiger partial charge in [0.15, 0.2) is 0 Å². The largest absolute Gasteiger partial charge is 0.433 e. The summed E-state index contributed by atoms with van der Waals surface area (Å²) in [5.74, 6) is -0.0113. The number of halogens is 4. The molecule has 2 aromatic heterocycles. The first-order chi connectivity index (χ1) is 18.8. The second-order valence-corrected chi connectivity index (χ2v) is 12.4. The fourth-order valence-electron chi connectivity index (χ4n) is 5.19. The van der Waals surface area contributed by atoms with E-state index in [0.717, 1.165) is 40.8 Å². The van der Waals surface area contributed by atoms with E-state index in [1.807, 2.05) is 19.1 Å². The SMILES string of the molecule is Cc1cc2c(cnn2-c2ccc(F)cc2)cc1[C@H]1CN(S(=O)(=O)c2ccc(C(F)(F)F)nc2)CCN1CC(C)C. The zero-order valence-electron chi connectivity index (χ0n) is 22.2. The van der Waals surface area contributed by atoms with Crippen molar-refractivity contribution in [2.75, 3.05) is 26.2 Å². The van der Waals surface area contributed by atoms with Crippen LogP contribution < -0.4 is 0 Å². The third-order valence-corrected chi connectivity index (χ3v) is 8.95. The number of piperazine rings is 1. The van der Waals surface area contributed by atoms with Crippen molar-refractivity contribution in [1.82, 2.24) is 24.0 Å². The van der Waals surface area contributed by atoms with Crippen molar-refractivity contribution in [3.63, 3.8) is 0 Å². The van der Waals surface area contributed by atoms with Crippen LogP contribution in [0, 0.1) is 18.7 Å². The van der Waals surface area contributed by atoms with Crippen molar-refractivity contribution in [2.45, 2.75) is 37.9 Å². The summed E-state index contributed by atoms with van der Waals surface area (Å²) in [5.41, 5.74) is 2.28. The summed E-state index contributed by atoms with van der Waals surface area (Å²) in [4.78, 5) is 5.33. The first-order valence-electron chi connectivity index (χ1n) is 12.9. The summed E-state index contributed by atoms with van der Waals surface area (Å²) in [6, 6.07) is 11.4. The number of aryl methyl sites for hydroxylation is 1. The Morgan fingerprint density at radius 1 is 1.02 bits per heavy atom. The van der Waals surface area contributed by atoms with E-state index in [2.05, 4.69) is 28.8 Å². The summed E-state index contributed by atoms with van der Waals surface area (Å²) in [6.45, 7) is 7.69. The van der Waals surface area contributed by atoms with E-state index in [-0.39, 0.29) is 29.8 Å². The molecule has 0 radical (unpaired) electrons. The van der Waals surface area contributed by atoms with Gasteiger partial charge in [-0.2, -0.15) is 22.6 Å². The summed E-state index contributed by atoms with van der Waals surface area (Å²) in [5, 5.41) is 5.34. The normalized spacial score (nSPS) is 17.6. The Balaban J connectivity index is 1.50. The maximum atomic E-state index is 13.5. The number of sulfonamides is 1. The number of hydrogen-bond donors (Lipinski definition) is 0. The highest BCUT2D eigenvalue weighted by atomic mass is 32.2. The third-order valence-electron chi connectivity index (χ3n) is 7.10. The second kappa shape index (κ2) is 10.6. The van der Waals surface area contributed by atoms with Gasteiger partial charge in [0.25, 0.3) is 0 Å². The number of aromatic nitrogens is 3. The van der Waals surface area contributed by atoms with Crippen molar-refractivity contribution in [1.29, 1.82) is 0 Å². The molecule has 0 amide bonds. The molecular formula is C28H29F4N5O2S. The van der Waals surface area contributed by atoms with Gasteiger partial charge < -0.3 is 0 Å². The fraction of sp³-hybridized carbons (Fsp3) is 0.357. The first-order valence-corrected chi connectivity index (χ1v) is 14.3. The Morgan fingerprint density at radius 3 is 2.38 bits per heavy atom. The minimum Gasteiger partial charge on any atom is -0.293 e. The van der Waals surface area contributed by atoms with Crippen LogP contribution in [-0.2, 0) is 16.2 Å². The molecule has 0 N–H and O–H groups in total. The lowest BCUT2D eigenvalue weighted by Gasteiger charge is -2.42. The molecular weight excluding hydrogens is 546 g/mol. The first kappa shape index (κ1) is 28.2. The van der Waals surface area contributed by atoms with Crippen molar-refractivity contribution in [2.24, 2.45) is 5.92 Å². The number of pyridine rings is 1. The van der Waals surface area contributed by atoms with Gasteiger partial charge in [0.2, 0.25) is 10.0 Å². The third kappa shape index (κ3) is 5.48. The van der Waals surface area contributed by atoms with Gasteiger partial charge >= 0.3 is 6.18 Å². The average molecular weight is 576 g/mol. The van der Waals surface area contributed by atoms with E-state index in [1.54, 1.807) is 23.0 Å². The van der Waals surface area contributed by atoms with Gasteiger partial charge in [-0.05, 0) is 72.5 Å². The Morgan fingerprint density at radius 2 is 1.75 bits per heavy atom. The quantitative estimate of drug-likeness (QED) is 0.281. The van der Waals surface area contributed by atoms with Crippen LogP contribution in [0.3, 0.4) is 0 Å². The Kier molecular flexibility index (Phi) is 7.45. The summed E-state index contributed by atoms with van der Waals surface area (Å²) in [7, 11) is -4.08. The molecule has 0 unspecified atom stereocenters. The zero-order valence-corrected chi connectivity index (χ0v) is 23.0. The maximum Gasteiger partial charge on any atom is 0.433 e. The number of benzene rings is 2. The molecule has 1 saturated heterocycles. The molecule has 1 aliphatic heterocycles. The molecule has 0 spiro atoms. The minimum absolute atomic E-state index is 0.133. The van der Waals surface area contributed by atoms with Gasteiger partial charge in [0.1, 0.15) is 16.4 Å². The minimum atomic E-state index is -4.66. The smallest absolute Gasteiger partial charge is 0.293 e. The lowest BCUT2D eigenvalue weighted by atomic mass is 9.96. The van der Waals surface area contributed by atoms with Crippen molar-refractivity contribution in [3.05, 3.63) is 83.6 Å². The average Bonchev–Trinajstić information content (AvgIpc) is 3.30. The van der Waals surface area contributed by atoms with Gasteiger partial charge in [0.05, 0.1) is 17.4 Å². The predicted molar refractivity (Wildman–Crippen MR) is 143 cm³/mol. The highest BCUT2D eigenvalue weighted by Gasteiger charge is 2.37. The van der Waals surface area contributed by atoms with Gasteiger partial charge in [-0.25, -0.2) is 17.5 Å². The molecule has 0 aliphatic carbocycles. The number of fused-ring (bicyclic) bond motifs is 1. The fourth-order valence-corrected chi connectivity index (χ4v) is 6.57. The van der Waals surface area contributed by atoms with Crippen LogP contribution in [0.25, 0.3) is 16.6 Å². The summed E-state index contributed by atoms with van der Waals surface area (Å²) < 4.78 is 82.4. The number of alkyl halides is 3. The molecule has 12 heteroatoms. The highest BCUT2D eigenvalue weighted by Crippen LogP contribution is 2.34. The monoisotopic (exact) mass is 575 g/mol. The van der Waals surface area contributed by atoms with Crippen LogP contribution in [0.1, 0.15) is 36.7 Å². The molecule has 1 atom stereocenters. The second-order valence-electron chi connectivity index (χ2n) is 10.4. The van der Waals surface area contributed by atoms with Gasteiger partial charge in [-0.1, -0.05) is 13.8 Å². The van der Waals surface area contributed by atoms with Crippen LogP contribution in [-0.4, -0.2) is 58.6 Å². The van der Waals surface area contributed by atoms with Gasteiger partial charge in [-0.3, -0.25) is 9.88 Å². The molecule has 40 heavy (non-hydrogen) atoms. The van der Waals surface area contributed by atoms with E-state index in [4.69, 9.17) is 0 Å². The maximum absolute atomic E-state index is 13.5. The van der Waals surface area contributed by atoms with E-state index < -0.39 is 21.9 Å². The van der Waals surface area contributed by atoms with E-state index in [0.29, 0.717) is 24.2 Å². The summed E-state index contributed by atoms with van der Waals surface area (Å²) in [6.07, 6.45) is -2.16. The van der Waals surface area contributed by atoms with Crippen LogP contribution in [0.2, 0.25) is 0 Å². The Hall–Kier alpha value is -3.35. The topological polar surface area (TPSA) is 71.3 Å². The molecule has 4 aromatic rings. The highest BCUT2D eigenvalue weighted by molar-refractivity contribution is 7.89. The van der Waals surface area contributed by atoms with Gasteiger partial charge in [-0.15, -0.1) is 0 Å². The molecule has 3 heterocycles. The molecule has 5 rings (SSSR count). The molecule has 0 saturated carbocycles. The van der Waals surface area contributed by atoms with E-state index >= 15 is 0 Å². The predicted octanol–water partition coefficient (Wildman–Crippen LogP) is 5.59. The van der Waals surface area contributed by atoms with Crippen LogP contribution in [0.4, 0.5) is 17.6 Å². The lowest BCUT2D eigenvalue weighted by Crippen LogP contribution is -2.51. The lowest BCUT2D eigenvalue weighted by molar-refractivity contribution is -0.141. The van der Waals surface area contributed by atoms with Gasteiger partial charge in [0, 0.05) is 43.8 Å². The van der Waals surface area contributed by atoms with Crippen molar-refractivity contribution in [3.8, 4) is 5.69 Å². The number of hydrogen-bond acceptors (Lipinski definition) is 5. The molecule has 212 valence electrons. The standard InChI is InChI=1S/C28H29F4N5O2S/c1-18(2)16-35-10-11-36(40(38,39)23-8-9-27(33-15-23)28(30,31)32)17-26(35)24-13-20-14-34-37(25(20)12-19(24)3)22-6-4-21(29)5-7-22/h4-9,12-15,18,26H,10-11,16-17H2,1-3H3/t26-/m1/s1. The van der Waals surface area contributed by atoms with E-state index in [9.17, 15) is 26.0 Å². The van der Waals surface area contributed by atoms with Crippen molar-refractivity contribution >= 4 is 20.9 Å². The summed E-state index contributed by atoms with van der Waals surface area (Å²) >= 11 is 0. The Labute approximate surface area is 230 Å². The zero-order chi connectivity index (χ0) is 28.8. The van der Waals surface area contributed by atoms with Crippen molar-refractivity contribution < 1.29 is 26.0 Å². The molecule has 1 aliphatic rings. The van der Waals surface area contributed by atoms with Crippen LogP contribution in [0.5, 0.6) is 0 Å². The number of nitrogens with zero attached hydrogens (tertiary/aromatic N) is 5. The molecule has 1 fully saturated rings. The molecule has 7 nitrogen and oxygen atoms in total. The van der Waals surface area contributed by atoms with Crippen LogP contribution >= 0.6 is 0 Å². The molecule has 2 aromatic carbocycles. The Bertz CT molecular complexity index is 1620. The van der Waals surface area contributed by atoms with E-state index in [1.165, 1.54) is 16.4 Å². The van der Waals surface area contributed by atoms with Crippen LogP contribution in [0.15, 0.2) is 65.8 Å².